The molecular weight excluding hydrogens is 387 g/mol. The van der Waals surface area contributed by atoms with Gasteiger partial charge >= 0.3 is 0 Å². The van der Waals surface area contributed by atoms with Gasteiger partial charge in [-0.1, -0.05) is 29.3 Å². The van der Waals surface area contributed by atoms with Crippen LogP contribution in [0, 0.1) is 0 Å². The molecule has 2 aromatic heterocycles. The Kier molecular flexibility index (Phi) is 6.61. The first-order chi connectivity index (χ1) is 13.0. The first kappa shape index (κ1) is 19.5. The third-order valence-corrected chi connectivity index (χ3v) is 4.66. The molecule has 1 amide bonds. The van der Waals surface area contributed by atoms with E-state index in [2.05, 4.69) is 5.32 Å². The maximum absolute atomic E-state index is 12.6. The minimum Gasteiger partial charge on any atom is -0.468 e. The second-order valence-electron chi connectivity index (χ2n) is 6.26. The van der Waals surface area contributed by atoms with Crippen LogP contribution in [0.25, 0.3) is 0 Å². The van der Waals surface area contributed by atoms with Gasteiger partial charge in [-0.25, -0.2) is 0 Å². The lowest BCUT2D eigenvalue weighted by atomic mass is 10.1. The Hall–Kier alpha value is -2.21. The van der Waals surface area contributed by atoms with Crippen LogP contribution in [-0.2, 0) is 17.9 Å². The molecule has 0 aliphatic heterocycles. The second kappa shape index (κ2) is 9.13. The van der Waals surface area contributed by atoms with Crippen LogP contribution in [0.1, 0.15) is 30.0 Å². The van der Waals surface area contributed by atoms with Gasteiger partial charge in [-0.15, -0.1) is 0 Å². The molecule has 0 aliphatic rings. The Labute approximate surface area is 167 Å². The van der Waals surface area contributed by atoms with E-state index in [1.165, 1.54) is 0 Å². The van der Waals surface area contributed by atoms with E-state index < -0.39 is 0 Å². The molecule has 0 saturated carbocycles. The zero-order valence-corrected chi connectivity index (χ0v) is 16.3. The van der Waals surface area contributed by atoms with E-state index in [-0.39, 0.29) is 18.5 Å². The van der Waals surface area contributed by atoms with Gasteiger partial charge in [-0.05, 0) is 48.9 Å². The number of nitrogens with zero attached hydrogens (tertiary/aromatic N) is 1. The van der Waals surface area contributed by atoms with Crippen molar-refractivity contribution in [2.75, 3.05) is 6.54 Å². The molecule has 7 heteroatoms. The number of nitrogens with one attached hydrogen (secondary N) is 1. The fourth-order valence-corrected chi connectivity index (χ4v) is 3.41. The van der Waals surface area contributed by atoms with Crippen molar-refractivity contribution in [3.05, 3.63) is 82.1 Å². The number of carbonyl (C=O) groups excluding carboxylic acids is 1. The molecule has 1 aromatic carbocycles. The second-order valence-corrected chi connectivity index (χ2v) is 7.10. The van der Waals surface area contributed by atoms with E-state index in [4.69, 9.17) is 32.0 Å². The number of furan rings is 2. The van der Waals surface area contributed by atoms with Crippen molar-refractivity contribution < 1.29 is 13.6 Å². The molecule has 142 valence electrons. The van der Waals surface area contributed by atoms with Crippen molar-refractivity contribution in [1.29, 1.82) is 0 Å². The molecule has 27 heavy (non-hydrogen) atoms. The van der Waals surface area contributed by atoms with Crippen LogP contribution in [0.3, 0.4) is 0 Å². The Morgan fingerprint density at radius 3 is 2.22 bits per heavy atom. The highest BCUT2D eigenvalue weighted by molar-refractivity contribution is 6.35. The molecule has 1 N–H and O–H groups in total. The first-order valence-electron chi connectivity index (χ1n) is 8.52. The quantitative estimate of drug-likeness (QED) is 0.567. The number of amides is 1. The summed E-state index contributed by atoms with van der Waals surface area (Å²) in [5.74, 6) is 1.44. The topological polar surface area (TPSA) is 58.6 Å². The summed E-state index contributed by atoms with van der Waals surface area (Å²) in [5.41, 5.74) is 0.818. The zero-order chi connectivity index (χ0) is 19.2. The monoisotopic (exact) mass is 406 g/mol. The lowest BCUT2D eigenvalue weighted by molar-refractivity contribution is -0.123. The highest BCUT2D eigenvalue weighted by Gasteiger charge is 2.18. The molecule has 0 saturated heterocycles. The molecule has 1 atom stereocenters. The molecule has 0 bridgehead atoms. The fraction of sp³-hybridized carbons (Fsp3) is 0.250. The van der Waals surface area contributed by atoms with Crippen molar-refractivity contribution >= 4 is 29.1 Å². The van der Waals surface area contributed by atoms with E-state index >= 15 is 0 Å². The summed E-state index contributed by atoms with van der Waals surface area (Å²) < 4.78 is 10.8. The maximum Gasteiger partial charge on any atom is 0.234 e. The summed E-state index contributed by atoms with van der Waals surface area (Å²) in [6, 6.07) is 12.4. The van der Waals surface area contributed by atoms with E-state index in [1.807, 2.05) is 42.2 Å². The van der Waals surface area contributed by atoms with E-state index in [9.17, 15) is 4.79 Å². The Morgan fingerprint density at radius 1 is 1.07 bits per heavy atom. The molecule has 2 heterocycles. The number of rotatable bonds is 8. The van der Waals surface area contributed by atoms with Crippen molar-refractivity contribution in [3.63, 3.8) is 0 Å². The van der Waals surface area contributed by atoms with Crippen molar-refractivity contribution in [2.45, 2.75) is 26.1 Å². The normalized spacial score (nSPS) is 12.3. The molecule has 5 nitrogen and oxygen atoms in total. The Balaban J connectivity index is 1.64. The van der Waals surface area contributed by atoms with Crippen LogP contribution >= 0.6 is 23.2 Å². The largest absolute Gasteiger partial charge is 0.468 e. The van der Waals surface area contributed by atoms with Crippen LogP contribution in [0.2, 0.25) is 10.0 Å². The highest BCUT2D eigenvalue weighted by atomic mass is 35.5. The van der Waals surface area contributed by atoms with Crippen LogP contribution in [0.15, 0.2) is 63.8 Å². The number of hydrogen-bond donors (Lipinski definition) is 1. The van der Waals surface area contributed by atoms with Gasteiger partial charge in [0.2, 0.25) is 5.91 Å². The van der Waals surface area contributed by atoms with E-state index in [0.717, 1.165) is 17.1 Å². The number of carbonyl (C=O) groups is 1. The smallest absolute Gasteiger partial charge is 0.234 e. The summed E-state index contributed by atoms with van der Waals surface area (Å²) >= 11 is 12.2. The van der Waals surface area contributed by atoms with Gasteiger partial charge in [0.15, 0.2) is 0 Å². The van der Waals surface area contributed by atoms with Crippen LogP contribution < -0.4 is 5.32 Å². The van der Waals surface area contributed by atoms with Crippen LogP contribution in [0.4, 0.5) is 0 Å². The predicted octanol–water partition coefficient (Wildman–Crippen LogP) is 5.06. The highest BCUT2D eigenvalue weighted by Crippen LogP contribution is 2.26. The summed E-state index contributed by atoms with van der Waals surface area (Å²) in [6.45, 7) is 3.07. The standard InChI is InChI=1S/C20H20Cl2N2O3/c1-14(18-7-6-15(21)10-19(18)22)23-20(25)13-24(11-16-4-2-8-26-16)12-17-5-3-9-27-17/h2-10,14H,11-13H2,1H3,(H,23,25). The predicted molar refractivity (Wildman–Crippen MR) is 105 cm³/mol. The minimum absolute atomic E-state index is 0.119. The van der Waals surface area contributed by atoms with E-state index in [0.29, 0.717) is 23.1 Å². The Morgan fingerprint density at radius 2 is 1.70 bits per heavy atom. The van der Waals surface area contributed by atoms with Gasteiger partial charge in [0.1, 0.15) is 11.5 Å². The van der Waals surface area contributed by atoms with Crippen molar-refractivity contribution in [1.82, 2.24) is 10.2 Å². The molecule has 1 unspecified atom stereocenters. The van der Waals surface area contributed by atoms with Gasteiger partial charge in [0.05, 0.1) is 38.2 Å². The molecule has 0 aliphatic carbocycles. The average molecular weight is 407 g/mol. The fourth-order valence-electron chi connectivity index (χ4n) is 2.83. The molecule has 0 spiro atoms. The Bertz CT molecular complexity index is 827. The molecule has 0 radical (unpaired) electrons. The summed E-state index contributed by atoms with van der Waals surface area (Å²) in [5, 5.41) is 4.06. The van der Waals surface area contributed by atoms with Gasteiger partial charge < -0.3 is 14.2 Å². The third kappa shape index (κ3) is 5.63. The maximum atomic E-state index is 12.6. The van der Waals surface area contributed by atoms with Crippen molar-refractivity contribution in [3.8, 4) is 0 Å². The summed E-state index contributed by atoms with van der Waals surface area (Å²) in [4.78, 5) is 14.5. The first-order valence-corrected chi connectivity index (χ1v) is 9.28. The lowest BCUT2D eigenvalue weighted by Gasteiger charge is -2.22. The third-order valence-electron chi connectivity index (χ3n) is 4.09. The van der Waals surface area contributed by atoms with Gasteiger partial charge in [0.25, 0.3) is 0 Å². The van der Waals surface area contributed by atoms with Crippen LogP contribution in [0.5, 0.6) is 0 Å². The van der Waals surface area contributed by atoms with E-state index in [1.54, 1.807) is 24.7 Å². The van der Waals surface area contributed by atoms with Gasteiger partial charge in [-0.3, -0.25) is 9.69 Å². The lowest BCUT2D eigenvalue weighted by Crippen LogP contribution is -2.37. The SMILES string of the molecule is CC(NC(=O)CN(Cc1ccco1)Cc1ccco1)c1ccc(Cl)cc1Cl. The number of benzene rings is 1. The molecule has 3 rings (SSSR count). The number of halogens is 2. The van der Waals surface area contributed by atoms with Gasteiger partial charge in [-0.2, -0.15) is 0 Å². The summed E-state index contributed by atoms with van der Waals surface area (Å²) in [6.07, 6.45) is 3.23. The number of hydrogen-bond acceptors (Lipinski definition) is 4. The zero-order valence-electron chi connectivity index (χ0n) is 14.8. The van der Waals surface area contributed by atoms with Crippen molar-refractivity contribution in [2.24, 2.45) is 0 Å². The average Bonchev–Trinajstić information content (AvgIpc) is 3.28. The summed E-state index contributed by atoms with van der Waals surface area (Å²) in [7, 11) is 0. The minimum atomic E-state index is -0.239. The molecular formula is C20H20Cl2N2O3. The van der Waals surface area contributed by atoms with Gasteiger partial charge in [0, 0.05) is 10.0 Å². The molecule has 3 aromatic rings. The van der Waals surface area contributed by atoms with Crippen LogP contribution in [-0.4, -0.2) is 17.4 Å². The molecule has 0 fully saturated rings.